The van der Waals surface area contributed by atoms with Crippen LogP contribution in [0.15, 0.2) is 46.9 Å². The lowest BCUT2D eigenvalue weighted by Gasteiger charge is -2.19. The number of carbonyl (C=O) groups excluding carboxylic acids is 1. The lowest BCUT2D eigenvalue weighted by atomic mass is 10.0. The van der Waals surface area contributed by atoms with E-state index in [1.54, 1.807) is 0 Å². The van der Waals surface area contributed by atoms with Gasteiger partial charge in [0.2, 0.25) is 5.91 Å². The molecule has 0 bridgehead atoms. The number of nitrogens with zero attached hydrogens (tertiary/aromatic N) is 1. The van der Waals surface area contributed by atoms with Gasteiger partial charge in [0, 0.05) is 32.4 Å². The molecule has 0 spiro atoms. The van der Waals surface area contributed by atoms with Gasteiger partial charge < -0.3 is 11.1 Å². The fourth-order valence-corrected chi connectivity index (χ4v) is 3.15. The summed E-state index contributed by atoms with van der Waals surface area (Å²) in [5.74, 6) is -0.969. The van der Waals surface area contributed by atoms with E-state index in [1.165, 1.54) is 18.2 Å². The second-order valence-electron chi connectivity index (χ2n) is 5.94. The van der Waals surface area contributed by atoms with E-state index in [2.05, 4.69) is 26.2 Å². The Morgan fingerprint density at radius 2 is 2.00 bits per heavy atom. The largest absolute Gasteiger partial charge is 0.378 e. The molecule has 0 aliphatic heterocycles. The van der Waals surface area contributed by atoms with Gasteiger partial charge in [-0.15, -0.1) is 0 Å². The predicted molar refractivity (Wildman–Crippen MR) is 101 cm³/mol. The Morgan fingerprint density at radius 3 is 2.72 bits per heavy atom. The van der Waals surface area contributed by atoms with Crippen molar-refractivity contribution in [1.29, 1.82) is 0 Å². The molecular weight excluding hydrogens is 385 g/mol. The van der Waals surface area contributed by atoms with Gasteiger partial charge in [-0.05, 0) is 56.3 Å². The van der Waals surface area contributed by atoms with Gasteiger partial charge in [0.05, 0.1) is 11.6 Å². The maximum absolute atomic E-state index is 14.2. The van der Waals surface area contributed by atoms with Gasteiger partial charge in [0.25, 0.3) is 0 Å². The zero-order valence-electron chi connectivity index (χ0n) is 13.8. The molecule has 1 aromatic heterocycles. The Bertz CT molecular complexity index is 974. The number of halogens is 2. The molecule has 4 nitrogen and oxygen atoms in total. The van der Waals surface area contributed by atoms with Crippen LogP contribution in [-0.2, 0) is 0 Å². The number of carbonyl (C=O) groups is 1. The van der Waals surface area contributed by atoms with E-state index in [4.69, 9.17) is 5.73 Å². The zero-order chi connectivity index (χ0) is 18.1. The first-order valence-corrected chi connectivity index (χ1v) is 8.57. The first-order chi connectivity index (χ1) is 11.8. The fraction of sp³-hybridized carbons (Fsp3) is 0.158. The number of benzene rings is 2. The summed E-state index contributed by atoms with van der Waals surface area (Å²) in [5.41, 5.74) is 8.52. The standard InChI is InChI=1S/C19H17BrFN3O/c1-10-7-18(15-9-13(20)4-6-17(15)23-10)24-11(2)14-8-12(19(22)25)3-5-16(14)21/h3-9,11H,1-2H3,(H2,22,25)(H,23,24)/t11-/m1/s1. The van der Waals surface area contributed by atoms with Gasteiger partial charge in [0.15, 0.2) is 0 Å². The molecular formula is C19H17BrFN3O. The SMILES string of the molecule is Cc1cc(N[C@H](C)c2cc(C(N)=O)ccc2F)c2cc(Br)ccc2n1. The van der Waals surface area contributed by atoms with Crippen molar-refractivity contribution in [1.82, 2.24) is 4.98 Å². The highest BCUT2D eigenvalue weighted by Crippen LogP contribution is 2.30. The molecule has 3 rings (SSSR count). The molecule has 1 atom stereocenters. The van der Waals surface area contributed by atoms with E-state index in [1.807, 2.05) is 38.1 Å². The number of rotatable bonds is 4. The molecule has 0 radical (unpaired) electrons. The predicted octanol–water partition coefficient (Wildman–Crippen LogP) is 4.72. The number of pyridine rings is 1. The molecule has 6 heteroatoms. The summed E-state index contributed by atoms with van der Waals surface area (Å²) in [5, 5.41) is 4.25. The van der Waals surface area contributed by atoms with Crippen molar-refractivity contribution in [2.24, 2.45) is 5.73 Å². The number of aromatic nitrogens is 1. The van der Waals surface area contributed by atoms with Crippen molar-refractivity contribution < 1.29 is 9.18 Å². The normalized spacial score (nSPS) is 12.2. The molecule has 2 aromatic carbocycles. The van der Waals surface area contributed by atoms with E-state index < -0.39 is 5.91 Å². The molecule has 0 saturated carbocycles. The molecule has 128 valence electrons. The molecule has 0 unspecified atom stereocenters. The number of hydrogen-bond acceptors (Lipinski definition) is 3. The van der Waals surface area contributed by atoms with Crippen LogP contribution >= 0.6 is 15.9 Å². The van der Waals surface area contributed by atoms with Crippen molar-refractivity contribution in [3.63, 3.8) is 0 Å². The smallest absolute Gasteiger partial charge is 0.248 e. The number of amides is 1. The van der Waals surface area contributed by atoms with Crippen LogP contribution in [0, 0.1) is 12.7 Å². The summed E-state index contributed by atoms with van der Waals surface area (Å²) in [6.45, 7) is 3.74. The summed E-state index contributed by atoms with van der Waals surface area (Å²) < 4.78 is 15.2. The zero-order valence-corrected chi connectivity index (χ0v) is 15.4. The average Bonchev–Trinajstić information content (AvgIpc) is 2.55. The van der Waals surface area contributed by atoms with Crippen molar-refractivity contribution in [3.8, 4) is 0 Å². The second kappa shape index (κ2) is 6.80. The first-order valence-electron chi connectivity index (χ1n) is 7.78. The van der Waals surface area contributed by atoms with Crippen LogP contribution in [0.1, 0.15) is 34.6 Å². The highest BCUT2D eigenvalue weighted by atomic mass is 79.9. The number of fused-ring (bicyclic) bond motifs is 1. The lowest BCUT2D eigenvalue weighted by molar-refractivity contribution is 0.1000. The molecule has 0 fully saturated rings. The summed E-state index contributed by atoms with van der Waals surface area (Å²) in [4.78, 5) is 15.9. The molecule has 3 aromatic rings. The lowest BCUT2D eigenvalue weighted by Crippen LogP contribution is -2.14. The number of primary amides is 1. The van der Waals surface area contributed by atoms with Gasteiger partial charge in [-0.3, -0.25) is 9.78 Å². The van der Waals surface area contributed by atoms with E-state index >= 15 is 0 Å². The van der Waals surface area contributed by atoms with Crippen LogP contribution in [0.25, 0.3) is 10.9 Å². The van der Waals surface area contributed by atoms with Crippen LogP contribution in [0.2, 0.25) is 0 Å². The Hall–Kier alpha value is -2.47. The molecule has 1 amide bonds. The number of hydrogen-bond donors (Lipinski definition) is 2. The summed E-state index contributed by atoms with van der Waals surface area (Å²) in [6.07, 6.45) is 0. The molecule has 1 heterocycles. The summed E-state index contributed by atoms with van der Waals surface area (Å²) in [7, 11) is 0. The molecule has 0 saturated heterocycles. The topological polar surface area (TPSA) is 68.0 Å². The second-order valence-corrected chi connectivity index (χ2v) is 6.85. The Morgan fingerprint density at radius 1 is 1.24 bits per heavy atom. The van der Waals surface area contributed by atoms with Crippen LogP contribution in [0.5, 0.6) is 0 Å². The third-order valence-corrected chi connectivity index (χ3v) is 4.51. The Balaban J connectivity index is 2.03. The minimum absolute atomic E-state index is 0.281. The van der Waals surface area contributed by atoms with Gasteiger partial charge in [-0.1, -0.05) is 15.9 Å². The summed E-state index contributed by atoms with van der Waals surface area (Å²) >= 11 is 3.47. The monoisotopic (exact) mass is 401 g/mol. The maximum atomic E-state index is 14.2. The molecule has 0 aliphatic carbocycles. The van der Waals surface area contributed by atoms with Gasteiger partial charge in [-0.2, -0.15) is 0 Å². The quantitative estimate of drug-likeness (QED) is 0.664. The minimum atomic E-state index is -0.581. The van der Waals surface area contributed by atoms with Crippen molar-refractivity contribution in [3.05, 3.63) is 69.6 Å². The van der Waals surface area contributed by atoms with E-state index in [0.717, 1.165) is 26.8 Å². The number of anilines is 1. The van der Waals surface area contributed by atoms with Crippen LogP contribution < -0.4 is 11.1 Å². The van der Waals surface area contributed by atoms with Crippen LogP contribution in [0.3, 0.4) is 0 Å². The average molecular weight is 402 g/mol. The highest BCUT2D eigenvalue weighted by Gasteiger charge is 2.15. The number of nitrogens with one attached hydrogen (secondary N) is 1. The molecule has 0 aliphatic rings. The molecule has 3 N–H and O–H groups in total. The van der Waals surface area contributed by atoms with Gasteiger partial charge >= 0.3 is 0 Å². The Kier molecular flexibility index (Phi) is 4.72. The van der Waals surface area contributed by atoms with E-state index in [9.17, 15) is 9.18 Å². The van der Waals surface area contributed by atoms with Crippen molar-refractivity contribution in [2.45, 2.75) is 19.9 Å². The third kappa shape index (κ3) is 3.64. The van der Waals surface area contributed by atoms with Gasteiger partial charge in [0.1, 0.15) is 5.82 Å². The molecule has 25 heavy (non-hydrogen) atoms. The van der Waals surface area contributed by atoms with Crippen molar-refractivity contribution >= 4 is 38.4 Å². The number of aryl methyl sites for hydroxylation is 1. The van der Waals surface area contributed by atoms with E-state index in [0.29, 0.717) is 5.56 Å². The minimum Gasteiger partial charge on any atom is -0.378 e. The highest BCUT2D eigenvalue weighted by molar-refractivity contribution is 9.10. The Labute approximate surface area is 153 Å². The van der Waals surface area contributed by atoms with E-state index in [-0.39, 0.29) is 17.4 Å². The fourth-order valence-electron chi connectivity index (χ4n) is 2.79. The third-order valence-electron chi connectivity index (χ3n) is 4.02. The van der Waals surface area contributed by atoms with Gasteiger partial charge in [-0.25, -0.2) is 4.39 Å². The summed E-state index contributed by atoms with van der Waals surface area (Å²) in [6, 6.07) is 11.5. The maximum Gasteiger partial charge on any atom is 0.248 e. The number of nitrogens with two attached hydrogens (primary N) is 1. The first kappa shape index (κ1) is 17.4. The van der Waals surface area contributed by atoms with Crippen LogP contribution in [0.4, 0.5) is 10.1 Å². The van der Waals surface area contributed by atoms with Crippen LogP contribution in [-0.4, -0.2) is 10.9 Å². The van der Waals surface area contributed by atoms with Crippen molar-refractivity contribution in [2.75, 3.05) is 5.32 Å².